The molecule has 11 amide bonds. The fraction of sp³-hybridized carbons (Fsp3) is 0.474. The van der Waals surface area contributed by atoms with Crippen molar-refractivity contribution in [2.24, 2.45) is 23.3 Å². The molecule has 29 nitrogen and oxygen atoms in total. The highest BCUT2D eigenvalue weighted by molar-refractivity contribution is 6.02. The summed E-state index contributed by atoms with van der Waals surface area (Å²) < 4.78 is 72.7. The lowest BCUT2D eigenvalue weighted by Gasteiger charge is -2.37. The number of hydrogen-bond donors (Lipinski definition) is 14. The first kappa shape index (κ1) is 82.1. The minimum atomic E-state index is -2.57. The minimum Gasteiger partial charge on any atom is -0.497 e. The lowest BCUT2D eigenvalue weighted by Crippen LogP contribution is -2.63. The van der Waals surface area contributed by atoms with Crippen molar-refractivity contribution in [3.63, 3.8) is 0 Å². The minimum absolute atomic E-state index is 0.0220. The Balaban J connectivity index is 1.08. The molecule has 109 heavy (non-hydrogen) atoms. The highest BCUT2D eigenvalue weighted by Gasteiger charge is 2.50. The number of nitrogens with one attached hydrogen (secondary N) is 11. The van der Waals surface area contributed by atoms with E-state index in [1.54, 1.807) is 36.4 Å². The molecule has 1 aliphatic carbocycles. The van der Waals surface area contributed by atoms with E-state index in [0.717, 1.165) is 26.8 Å². The molecule has 1 unspecified atom stereocenters. The third kappa shape index (κ3) is 21.1. The Labute approximate surface area is 625 Å². The second-order valence-corrected chi connectivity index (χ2v) is 28.7. The number of nitrogens with two attached hydrogens (primary N) is 2. The van der Waals surface area contributed by atoms with Gasteiger partial charge in [0, 0.05) is 72.3 Å². The van der Waals surface area contributed by atoms with Gasteiger partial charge in [0.2, 0.25) is 59.1 Å². The van der Waals surface area contributed by atoms with Gasteiger partial charge >= 0.3 is 0 Å². The number of nitrogens with zero attached hydrogens (tertiary/aromatic N) is 1. The van der Waals surface area contributed by atoms with Crippen molar-refractivity contribution in [1.29, 1.82) is 0 Å². The number of amides is 11. The van der Waals surface area contributed by atoms with Crippen LogP contribution in [0.4, 0.5) is 17.6 Å². The summed E-state index contributed by atoms with van der Waals surface area (Å²) in [6, 6.07) is 7.03. The summed E-state index contributed by atoms with van der Waals surface area (Å²) in [6.45, 7) is 5.48. The fourth-order valence-corrected chi connectivity index (χ4v) is 13.8. The fourth-order valence-electron chi connectivity index (χ4n) is 13.8. The smallest absolute Gasteiger partial charge is 0.257 e. The molecule has 0 spiro atoms. The number of primary amides is 1. The van der Waals surface area contributed by atoms with Crippen LogP contribution in [0.2, 0.25) is 0 Å². The number of aliphatic hydroxyl groups excluding tert-OH is 1. The predicted octanol–water partition coefficient (Wildman–Crippen LogP) is 2.06. The molecular weight excluding hydrogens is 1420 g/mol. The first-order valence-corrected chi connectivity index (χ1v) is 36.2. The number of Topliss-reactive ketones (excluding diaryl/α,β-unsaturated/α-hetero) is 1. The van der Waals surface area contributed by atoms with E-state index in [1.807, 2.05) is 0 Å². The maximum absolute atomic E-state index is 16.3. The average molecular weight is 1520 g/mol. The molecule has 3 aliphatic heterocycles. The van der Waals surface area contributed by atoms with Gasteiger partial charge in [-0.15, -0.1) is 0 Å². The van der Waals surface area contributed by atoms with Gasteiger partial charge in [-0.1, -0.05) is 24.3 Å². The van der Waals surface area contributed by atoms with Gasteiger partial charge in [0.05, 0.1) is 38.1 Å². The monoisotopic (exact) mass is 1520 g/mol. The summed E-state index contributed by atoms with van der Waals surface area (Å²) in [6.07, 6.45) is -3.31. The van der Waals surface area contributed by atoms with E-state index in [9.17, 15) is 48.3 Å². The van der Waals surface area contributed by atoms with Crippen molar-refractivity contribution in [2.45, 2.75) is 183 Å². The Morgan fingerprint density at radius 2 is 1.31 bits per heavy atom. The van der Waals surface area contributed by atoms with E-state index in [2.05, 4.69) is 57.8 Å². The molecule has 2 aromatic heterocycles. The summed E-state index contributed by atoms with van der Waals surface area (Å²) in [5, 5.41) is 34.9. The Morgan fingerprint density at radius 3 is 1.92 bits per heavy atom. The number of H-pyrrole nitrogens is 2. The second kappa shape index (κ2) is 36.3. The van der Waals surface area contributed by atoms with Crippen LogP contribution in [0.15, 0.2) is 97.3 Å². The van der Waals surface area contributed by atoms with Gasteiger partial charge in [0.1, 0.15) is 83.7 Å². The summed E-state index contributed by atoms with van der Waals surface area (Å²) in [5.41, 5.74) is 9.72. The number of carbonyl (C=O) groups excluding carboxylic acids is 12. The van der Waals surface area contributed by atoms with Crippen LogP contribution in [0.5, 0.6) is 11.5 Å². The number of aromatic nitrogens is 2. The van der Waals surface area contributed by atoms with Gasteiger partial charge in [0.25, 0.3) is 5.91 Å². The number of benzene rings is 4. The maximum Gasteiger partial charge on any atom is 0.257 e. The zero-order valence-corrected chi connectivity index (χ0v) is 61.3. The molecule has 6 aromatic rings. The van der Waals surface area contributed by atoms with Gasteiger partial charge in [0.15, 0.2) is 11.5 Å². The molecule has 16 N–H and O–H groups in total. The predicted molar refractivity (Wildman–Crippen MR) is 389 cm³/mol. The van der Waals surface area contributed by atoms with Crippen molar-refractivity contribution in [2.75, 3.05) is 33.4 Å². The van der Waals surface area contributed by atoms with Gasteiger partial charge in [-0.3, -0.25) is 57.5 Å². The van der Waals surface area contributed by atoms with E-state index in [0.29, 0.717) is 34.3 Å². The number of aromatic amines is 2. The zero-order valence-electron chi connectivity index (χ0n) is 61.3. The molecule has 1 saturated heterocycles. The van der Waals surface area contributed by atoms with Crippen molar-refractivity contribution in [1.82, 2.24) is 62.7 Å². The third-order valence-corrected chi connectivity index (χ3v) is 20.1. The summed E-state index contributed by atoms with van der Waals surface area (Å²) in [5.74, 6) is -15.9. The number of unbranched alkanes of at least 4 members (excludes halogenated alkanes) is 1. The number of ether oxygens (including phenoxy) is 2. The van der Waals surface area contributed by atoms with E-state index in [1.165, 1.54) is 80.7 Å². The normalized spacial score (nSPS) is 25.7. The number of ketones is 1. The van der Waals surface area contributed by atoms with E-state index in [-0.39, 0.29) is 92.4 Å². The zero-order chi connectivity index (χ0) is 79.2. The first-order chi connectivity index (χ1) is 51.7. The van der Waals surface area contributed by atoms with Crippen LogP contribution in [0.25, 0.3) is 21.8 Å². The molecule has 13 atom stereocenters. The number of aliphatic hydroxyl groups is 1. The lowest BCUT2D eigenvalue weighted by atomic mass is 9.85. The molecule has 33 heteroatoms. The Morgan fingerprint density at radius 1 is 0.716 bits per heavy atom. The van der Waals surface area contributed by atoms with Crippen LogP contribution >= 0.6 is 0 Å². The maximum atomic E-state index is 16.3. The number of rotatable bonds is 15. The van der Waals surface area contributed by atoms with E-state index < -0.39 is 198 Å². The molecule has 4 aliphatic rings. The molecule has 2 bridgehead atoms. The SMILES string of the molecule is COc1ccc(C[C@@H]2NC(=O)[C@H]([C@@H](C)O)NC(=O)[C@@H]3C[C@H](F)CC3C(=O)[C@H](Cc3c[nH]c4ccc(F)cc34)NC(=O)[C@H](Cc3c[nH]c4ccc(F)cc34)NC(=O)[C@@H](C)NC(=O)[C@H](CCCCN)NC(=O)[C@@H](NC(=O)C(C)(C)F)CC(=O)NCCOc3ccc(cc3)C[C@@H](C(N)=O)NC(=O)[C@]3(C)CCCN3C2=O)cc1. The first-order valence-electron chi connectivity index (χ1n) is 36.2. The number of methoxy groups -OCH3 is 1. The summed E-state index contributed by atoms with van der Waals surface area (Å²) >= 11 is 0. The van der Waals surface area contributed by atoms with Crippen LogP contribution in [0, 0.1) is 23.5 Å². The molecule has 1 saturated carbocycles. The molecule has 0 radical (unpaired) electrons. The van der Waals surface area contributed by atoms with E-state index >= 15 is 31.9 Å². The van der Waals surface area contributed by atoms with Crippen molar-refractivity contribution in [3.05, 3.63) is 131 Å². The largest absolute Gasteiger partial charge is 0.497 e. The topological polar surface area (TPSA) is 439 Å². The number of halogens is 4. The quantitative estimate of drug-likeness (QED) is 0.0397. The highest BCUT2D eigenvalue weighted by atomic mass is 19.1. The summed E-state index contributed by atoms with van der Waals surface area (Å²) in [7, 11) is 1.44. The lowest BCUT2D eigenvalue weighted by molar-refractivity contribution is -0.147. The summed E-state index contributed by atoms with van der Waals surface area (Å²) in [4.78, 5) is 181. The number of hydrogen-bond acceptors (Lipinski definition) is 16. The van der Waals surface area contributed by atoms with Gasteiger partial charge < -0.3 is 88.8 Å². The standard InChI is InChI=1S/C76H94F4N14O15/c1-39-66(99)89-59(31-44-38-85-55-22-16-46(78)33-51(44)55)69(102)88-57(30-43-37-84-54-21-15-45(77)32-50(43)54)64(97)52-34-47(79)35-53(52)67(100)93-63(40(2)95)71(104)90-61(29-42-11-17-48(108-6)18-12-42)72(105)94-26-9-23-76(94,5)74(107)91-58(65(82)98)28-41-13-19-49(20-14-41)109-27-25-83-62(96)36-60(92-73(106)75(3,4)80)70(103)87-56(68(101)86-39)10-7-8-24-81/h11-22,32-33,37-40,47,52-53,56-61,63,84-85,95H,7-10,23-31,34-36,81H2,1-6H3,(H2,82,98)(H,83,96)(H,86,101)(H,87,103)(H,88,102)(H,89,99)(H,90,104)(H,91,107)(H,92,106)(H,93,100)/t39-,40-,47-,52?,53-,56+,57+,58+,59+,60+,61+,63+,76+/m1/s1. The average Bonchev–Trinajstić information content (AvgIpc) is 1.68. The number of alkyl halides is 2. The second-order valence-electron chi connectivity index (χ2n) is 28.7. The van der Waals surface area contributed by atoms with Gasteiger partial charge in [-0.25, -0.2) is 17.6 Å². The van der Waals surface area contributed by atoms with Crippen LogP contribution in [0.1, 0.15) is 108 Å². The van der Waals surface area contributed by atoms with Crippen LogP contribution in [-0.4, -0.2) is 196 Å². The Hall–Kier alpha value is -11.0. The van der Waals surface area contributed by atoms with Crippen molar-refractivity contribution < 1.29 is 89.7 Å². The molecule has 10 rings (SSSR count). The molecular formula is C76H94F4N14O15. The van der Waals surface area contributed by atoms with Crippen LogP contribution in [-0.2, 0) is 83.2 Å². The van der Waals surface area contributed by atoms with Crippen LogP contribution in [0.3, 0.4) is 0 Å². The van der Waals surface area contributed by atoms with Gasteiger partial charge in [-0.05, 0) is 169 Å². The number of fused-ring (bicyclic) bond motifs is 32. The molecule has 2 fully saturated rings. The van der Waals surface area contributed by atoms with Crippen molar-refractivity contribution in [3.8, 4) is 11.5 Å². The Kier molecular flexibility index (Phi) is 27.3. The van der Waals surface area contributed by atoms with Crippen molar-refractivity contribution >= 4 is 92.6 Å². The molecule has 586 valence electrons. The van der Waals surface area contributed by atoms with E-state index in [4.69, 9.17) is 20.9 Å². The molecule has 5 heterocycles. The number of carbonyl (C=O) groups is 12. The van der Waals surface area contributed by atoms with Crippen LogP contribution < -0.4 is 68.8 Å². The Bertz CT molecular complexity index is 4340. The van der Waals surface area contributed by atoms with Gasteiger partial charge in [-0.2, -0.15) is 0 Å². The highest BCUT2D eigenvalue weighted by Crippen LogP contribution is 2.37. The molecule has 4 aromatic carbocycles. The third-order valence-electron chi connectivity index (χ3n) is 20.1.